The maximum absolute atomic E-state index is 11.6. The van der Waals surface area contributed by atoms with Gasteiger partial charge in [-0.1, -0.05) is 17.7 Å². The van der Waals surface area contributed by atoms with Crippen LogP contribution in [0, 0.1) is 0 Å². The number of carbonyl (C=O) groups is 1. The first kappa shape index (κ1) is 13.7. The Balaban J connectivity index is 1.98. The zero-order chi connectivity index (χ0) is 13.2. The fourth-order valence-corrected chi connectivity index (χ4v) is 2.97. The molecule has 0 heterocycles. The molecule has 1 aliphatic carbocycles. The number of rotatable bonds is 6. The normalized spacial score (nSPS) is 18.3. The van der Waals surface area contributed by atoms with Gasteiger partial charge in [0, 0.05) is 21.7 Å². The number of benzene rings is 1. The quantitative estimate of drug-likeness (QED) is 0.789. The molecule has 3 nitrogen and oxygen atoms in total. The minimum absolute atomic E-state index is 0.302. The van der Waals surface area contributed by atoms with Gasteiger partial charge in [-0.2, -0.15) is 0 Å². The molecule has 0 bridgehead atoms. The molecule has 1 aromatic carbocycles. The summed E-state index contributed by atoms with van der Waals surface area (Å²) in [5.74, 6) is 0.308. The fourth-order valence-electron chi connectivity index (χ4n) is 1.65. The van der Waals surface area contributed by atoms with Crippen LogP contribution in [0.1, 0.15) is 19.8 Å². The van der Waals surface area contributed by atoms with Gasteiger partial charge in [0.15, 0.2) is 0 Å². The molecule has 0 saturated heterocycles. The first-order valence-corrected chi connectivity index (χ1v) is 7.32. The highest BCUT2D eigenvalue weighted by Crippen LogP contribution is 2.28. The lowest BCUT2D eigenvalue weighted by atomic mass is 10.1. The molecule has 0 radical (unpaired) electrons. The molecule has 1 saturated carbocycles. The number of nitrogens with one attached hydrogen (secondary N) is 1. The molecule has 1 amide bonds. The monoisotopic (exact) mass is 284 g/mol. The number of carbonyl (C=O) groups excluding carboxylic acids is 1. The van der Waals surface area contributed by atoms with E-state index in [1.807, 2.05) is 31.2 Å². The van der Waals surface area contributed by atoms with Crippen LogP contribution in [0.2, 0.25) is 5.02 Å². The van der Waals surface area contributed by atoms with Gasteiger partial charge in [0.2, 0.25) is 5.91 Å². The van der Waals surface area contributed by atoms with E-state index in [0.717, 1.165) is 17.7 Å². The van der Waals surface area contributed by atoms with Crippen molar-refractivity contribution in [3.05, 3.63) is 29.3 Å². The molecule has 0 spiro atoms. The van der Waals surface area contributed by atoms with Crippen LogP contribution in [0.3, 0.4) is 0 Å². The highest BCUT2D eigenvalue weighted by atomic mass is 35.5. The Labute approximate surface area is 116 Å². The molecule has 2 rings (SSSR count). The van der Waals surface area contributed by atoms with Crippen LogP contribution in [-0.2, 0) is 4.79 Å². The SMILES string of the molecule is CC(CSc1cccc(Cl)c1)(NC1CC1)C(N)=O. The second-order valence-corrected chi connectivity index (χ2v) is 6.35. The van der Waals surface area contributed by atoms with E-state index in [1.165, 1.54) is 0 Å². The summed E-state index contributed by atoms with van der Waals surface area (Å²) in [5, 5.41) is 4.03. The molecular weight excluding hydrogens is 268 g/mol. The summed E-state index contributed by atoms with van der Waals surface area (Å²) >= 11 is 7.52. The minimum atomic E-state index is -0.659. The minimum Gasteiger partial charge on any atom is -0.368 e. The average Bonchev–Trinajstić information content (AvgIpc) is 3.10. The van der Waals surface area contributed by atoms with Crippen molar-refractivity contribution in [3.8, 4) is 0 Å². The molecule has 0 aromatic heterocycles. The van der Waals surface area contributed by atoms with Crippen LogP contribution >= 0.6 is 23.4 Å². The predicted molar refractivity (Wildman–Crippen MR) is 75.9 cm³/mol. The zero-order valence-corrected chi connectivity index (χ0v) is 11.9. The van der Waals surface area contributed by atoms with Crippen molar-refractivity contribution in [1.82, 2.24) is 5.32 Å². The maximum atomic E-state index is 11.6. The molecule has 1 unspecified atom stereocenters. The van der Waals surface area contributed by atoms with E-state index in [1.54, 1.807) is 11.8 Å². The molecule has 1 fully saturated rings. The van der Waals surface area contributed by atoms with Crippen molar-refractivity contribution in [1.29, 1.82) is 0 Å². The summed E-state index contributed by atoms with van der Waals surface area (Å²) in [7, 11) is 0. The predicted octanol–water partition coefficient (Wildman–Crippen LogP) is 2.43. The molecule has 0 aliphatic heterocycles. The van der Waals surface area contributed by atoms with Gasteiger partial charge in [-0.25, -0.2) is 0 Å². The van der Waals surface area contributed by atoms with E-state index in [-0.39, 0.29) is 5.91 Å². The molecule has 1 aliphatic rings. The van der Waals surface area contributed by atoms with Gasteiger partial charge < -0.3 is 11.1 Å². The molecule has 18 heavy (non-hydrogen) atoms. The summed E-state index contributed by atoms with van der Waals surface area (Å²) in [4.78, 5) is 12.6. The van der Waals surface area contributed by atoms with Gasteiger partial charge in [0.05, 0.1) is 0 Å². The van der Waals surface area contributed by atoms with Gasteiger partial charge in [-0.15, -0.1) is 11.8 Å². The summed E-state index contributed by atoms with van der Waals surface area (Å²) in [6.07, 6.45) is 2.26. The summed E-state index contributed by atoms with van der Waals surface area (Å²) < 4.78 is 0. The Kier molecular flexibility index (Phi) is 4.20. The van der Waals surface area contributed by atoms with E-state index in [4.69, 9.17) is 17.3 Å². The van der Waals surface area contributed by atoms with Crippen LogP contribution in [0.15, 0.2) is 29.2 Å². The second-order valence-electron chi connectivity index (χ2n) is 4.86. The number of halogens is 1. The van der Waals surface area contributed by atoms with Gasteiger partial charge in [0.25, 0.3) is 0 Å². The van der Waals surface area contributed by atoms with E-state index in [2.05, 4.69) is 5.32 Å². The molecular formula is C13H17ClN2OS. The first-order chi connectivity index (χ1) is 8.49. The third kappa shape index (κ3) is 3.64. The van der Waals surface area contributed by atoms with Gasteiger partial charge in [0.1, 0.15) is 5.54 Å². The number of nitrogens with two attached hydrogens (primary N) is 1. The molecule has 1 atom stereocenters. The Morgan fingerprint density at radius 2 is 2.33 bits per heavy atom. The van der Waals surface area contributed by atoms with E-state index in [0.29, 0.717) is 16.8 Å². The van der Waals surface area contributed by atoms with Gasteiger partial charge >= 0.3 is 0 Å². The zero-order valence-electron chi connectivity index (χ0n) is 10.3. The van der Waals surface area contributed by atoms with E-state index < -0.39 is 5.54 Å². The van der Waals surface area contributed by atoms with Crippen molar-refractivity contribution >= 4 is 29.3 Å². The smallest absolute Gasteiger partial charge is 0.238 e. The van der Waals surface area contributed by atoms with Crippen molar-refractivity contribution < 1.29 is 4.79 Å². The van der Waals surface area contributed by atoms with Crippen molar-refractivity contribution in [2.24, 2.45) is 5.73 Å². The molecule has 1 aromatic rings. The Morgan fingerprint density at radius 3 is 2.89 bits per heavy atom. The lowest BCUT2D eigenvalue weighted by Gasteiger charge is -2.27. The van der Waals surface area contributed by atoms with Crippen LogP contribution in [-0.4, -0.2) is 23.2 Å². The summed E-state index contributed by atoms with van der Waals surface area (Å²) in [6, 6.07) is 8.06. The number of amides is 1. The van der Waals surface area contributed by atoms with Crippen molar-refractivity contribution in [2.45, 2.75) is 36.2 Å². The number of primary amides is 1. The van der Waals surface area contributed by atoms with Gasteiger partial charge in [-0.3, -0.25) is 4.79 Å². The van der Waals surface area contributed by atoms with E-state index in [9.17, 15) is 4.79 Å². The van der Waals surface area contributed by atoms with Crippen LogP contribution in [0.25, 0.3) is 0 Å². The largest absolute Gasteiger partial charge is 0.368 e. The number of thioether (sulfide) groups is 1. The fraction of sp³-hybridized carbons (Fsp3) is 0.462. The topological polar surface area (TPSA) is 55.1 Å². The van der Waals surface area contributed by atoms with Gasteiger partial charge in [-0.05, 0) is 38.0 Å². The molecule has 3 N–H and O–H groups in total. The average molecular weight is 285 g/mol. The Morgan fingerprint density at radius 1 is 1.61 bits per heavy atom. The summed E-state index contributed by atoms with van der Waals surface area (Å²) in [5.41, 5.74) is 4.84. The van der Waals surface area contributed by atoms with Crippen molar-refractivity contribution in [2.75, 3.05) is 5.75 Å². The lowest BCUT2D eigenvalue weighted by molar-refractivity contribution is -0.123. The molecule has 98 valence electrons. The van der Waals surface area contributed by atoms with Crippen molar-refractivity contribution in [3.63, 3.8) is 0 Å². The third-order valence-electron chi connectivity index (χ3n) is 2.97. The highest BCUT2D eigenvalue weighted by molar-refractivity contribution is 7.99. The summed E-state index contributed by atoms with van der Waals surface area (Å²) in [6.45, 7) is 1.87. The van der Waals surface area contributed by atoms with Crippen LogP contribution < -0.4 is 11.1 Å². The lowest BCUT2D eigenvalue weighted by Crippen LogP contribution is -2.55. The first-order valence-electron chi connectivity index (χ1n) is 5.95. The number of hydrogen-bond acceptors (Lipinski definition) is 3. The highest BCUT2D eigenvalue weighted by Gasteiger charge is 2.36. The third-order valence-corrected chi connectivity index (χ3v) is 4.51. The second kappa shape index (κ2) is 5.51. The van der Waals surface area contributed by atoms with Crippen LogP contribution in [0.5, 0.6) is 0 Å². The molecule has 5 heteroatoms. The van der Waals surface area contributed by atoms with Crippen LogP contribution in [0.4, 0.5) is 0 Å². The maximum Gasteiger partial charge on any atom is 0.238 e. The van der Waals surface area contributed by atoms with E-state index >= 15 is 0 Å². The Hall–Kier alpha value is -0.710. The Bertz CT molecular complexity index is 450. The number of hydrogen-bond donors (Lipinski definition) is 2. The standard InChI is InChI=1S/C13H17ClN2OS/c1-13(12(15)17,16-10-5-6-10)8-18-11-4-2-3-9(14)7-11/h2-4,7,10,16H,5-6,8H2,1H3,(H2,15,17).